The minimum Gasteiger partial charge on any atom is -0.390 e. The molecule has 0 spiro atoms. The van der Waals surface area contributed by atoms with Crippen molar-refractivity contribution in [1.29, 1.82) is 0 Å². The molecular formula is C11H13NO2. The molecule has 2 N–H and O–H groups in total. The summed E-state index contributed by atoms with van der Waals surface area (Å²) in [6.07, 6.45) is 0.137. The van der Waals surface area contributed by atoms with Crippen molar-refractivity contribution in [3.05, 3.63) is 35.4 Å². The Balaban J connectivity index is 2.30. The molecular weight excluding hydrogens is 178 g/mol. The highest BCUT2D eigenvalue weighted by Gasteiger charge is 2.30. The topological polar surface area (TPSA) is 49.3 Å². The van der Waals surface area contributed by atoms with E-state index in [4.69, 9.17) is 0 Å². The molecule has 0 saturated heterocycles. The van der Waals surface area contributed by atoms with Gasteiger partial charge in [0, 0.05) is 13.3 Å². The van der Waals surface area contributed by atoms with Gasteiger partial charge in [-0.25, -0.2) is 0 Å². The van der Waals surface area contributed by atoms with E-state index in [0.717, 1.165) is 11.1 Å². The summed E-state index contributed by atoms with van der Waals surface area (Å²) in [6.45, 7) is 1.47. The number of fused-ring (bicyclic) bond motifs is 1. The first-order chi connectivity index (χ1) is 6.68. The van der Waals surface area contributed by atoms with Crippen LogP contribution >= 0.6 is 0 Å². The molecule has 2 rings (SSSR count). The van der Waals surface area contributed by atoms with E-state index in [9.17, 15) is 9.90 Å². The summed E-state index contributed by atoms with van der Waals surface area (Å²) < 4.78 is 0. The van der Waals surface area contributed by atoms with Gasteiger partial charge in [0.1, 0.15) is 0 Å². The van der Waals surface area contributed by atoms with Gasteiger partial charge in [-0.2, -0.15) is 0 Å². The van der Waals surface area contributed by atoms with Gasteiger partial charge in [-0.15, -0.1) is 0 Å². The molecule has 0 fully saturated rings. The number of carbonyl (C=O) groups is 1. The SMILES string of the molecule is CC(=O)N[C@@H]1c2ccccc2C[C@@H]1O. The average molecular weight is 191 g/mol. The molecule has 0 heterocycles. The highest BCUT2D eigenvalue weighted by atomic mass is 16.3. The van der Waals surface area contributed by atoms with Crippen molar-refractivity contribution in [3.63, 3.8) is 0 Å². The number of benzene rings is 1. The van der Waals surface area contributed by atoms with E-state index in [1.807, 2.05) is 24.3 Å². The molecule has 74 valence electrons. The summed E-state index contributed by atoms with van der Waals surface area (Å²) in [6, 6.07) is 7.57. The van der Waals surface area contributed by atoms with Gasteiger partial charge < -0.3 is 10.4 Å². The molecule has 2 atom stereocenters. The Labute approximate surface area is 82.8 Å². The Hall–Kier alpha value is -1.35. The lowest BCUT2D eigenvalue weighted by Crippen LogP contribution is -2.32. The molecule has 14 heavy (non-hydrogen) atoms. The number of aliphatic hydroxyl groups is 1. The fourth-order valence-electron chi connectivity index (χ4n) is 1.97. The van der Waals surface area contributed by atoms with E-state index >= 15 is 0 Å². The number of carbonyl (C=O) groups excluding carboxylic acids is 1. The molecule has 3 nitrogen and oxygen atoms in total. The van der Waals surface area contributed by atoms with Gasteiger partial charge in [0.05, 0.1) is 12.1 Å². The maximum absolute atomic E-state index is 10.9. The van der Waals surface area contributed by atoms with Crippen molar-refractivity contribution in [2.45, 2.75) is 25.5 Å². The maximum atomic E-state index is 10.9. The number of rotatable bonds is 1. The lowest BCUT2D eigenvalue weighted by atomic mass is 10.1. The van der Waals surface area contributed by atoms with Crippen LogP contribution in [0.3, 0.4) is 0 Å². The maximum Gasteiger partial charge on any atom is 0.217 e. The average Bonchev–Trinajstić information content (AvgIpc) is 2.43. The first kappa shape index (κ1) is 9.21. The second kappa shape index (κ2) is 3.42. The number of nitrogens with one attached hydrogen (secondary N) is 1. The summed E-state index contributed by atoms with van der Waals surface area (Å²) in [5, 5.41) is 12.5. The highest BCUT2D eigenvalue weighted by molar-refractivity contribution is 5.73. The minimum absolute atomic E-state index is 0.106. The van der Waals surface area contributed by atoms with Crippen LogP contribution in [-0.4, -0.2) is 17.1 Å². The Bertz CT molecular complexity index is 362. The number of aliphatic hydroxyl groups excluding tert-OH is 1. The second-order valence-corrected chi connectivity index (χ2v) is 3.65. The molecule has 1 aliphatic carbocycles. The third-order valence-electron chi connectivity index (χ3n) is 2.56. The van der Waals surface area contributed by atoms with E-state index in [1.54, 1.807) is 0 Å². The fraction of sp³-hybridized carbons (Fsp3) is 0.364. The zero-order chi connectivity index (χ0) is 10.1. The Kier molecular flexibility index (Phi) is 2.25. The molecule has 0 bridgehead atoms. The Morgan fingerprint density at radius 3 is 2.93 bits per heavy atom. The summed E-state index contributed by atoms with van der Waals surface area (Å²) in [5.41, 5.74) is 2.16. The molecule has 0 unspecified atom stereocenters. The number of hydrogen-bond donors (Lipinski definition) is 2. The Morgan fingerprint density at radius 1 is 1.50 bits per heavy atom. The van der Waals surface area contributed by atoms with Crippen LogP contribution in [0.2, 0.25) is 0 Å². The van der Waals surface area contributed by atoms with Crippen LogP contribution in [0, 0.1) is 0 Å². The molecule has 0 saturated carbocycles. The Morgan fingerprint density at radius 2 is 2.21 bits per heavy atom. The monoisotopic (exact) mass is 191 g/mol. The van der Waals surface area contributed by atoms with Gasteiger partial charge in [0.15, 0.2) is 0 Å². The van der Waals surface area contributed by atoms with Gasteiger partial charge in [0.2, 0.25) is 5.91 Å². The molecule has 0 aromatic heterocycles. The van der Waals surface area contributed by atoms with Crippen LogP contribution < -0.4 is 5.32 Å². The van der Waals surface area contributed by atoms with Crippen LogP contribution in [0.15, 0.2) is 24.3 Å². The molecule has 3 heteroatoms. The van der Waals surface area contributed by atoms with Crippen LogP contribution in [0.25, 0.3) is 0 Å². The zero-order valence-electron chi connectivity index (χ0n) is 8.03. The second-order valence-electron chi connectivity index (χ2n) is 3.65. The first-order valence-electron chi connectivity index (χ1n) is 4.71. The van der Waals surface area contributed by atoms with E-state index in [0.29, 0.717) is 6.42 Å². The lowest BCUT2D eigenvalue weighted by molar-refractivity contribution is -0.120. The van der Waals surface area contributed by atoms with Crippen molar-refractivity contribution in [2.75, 3.05) is 0 Å². The summed E-state index contributed by atoms with van der Waals surface area (Å²) in [5.74, 6) is -0.106. The smallest absolute Gasteiger partial charge is 0.217 e. The van der Waals surface area contributed by atoms with E-state index in [2.05, 4.69) is 5.32 Å². The van der Waals surface area contributed by atoms with E-state index < -0.39 is 6.10 Å². The van der Waals surface area contributed by atoms with Crippen molar-refractivity contribution in [3.8, 4) is 0 Å². The van der Waals surface area contributed by atoms with Gasteiger partial charge >= 0.3 is 0 Å². The standard InChI is InChI=1S/C11H13NO2/c1-7(13)12-11-9-5-3-2-4-8(9)6-10(11)14/h2-5,10-11,14H,6H2,1H3,(H,12,13)/t10-,11+/m0/s1. The number of hydrogen-bond acceptors (Lipinski definition) is 2. The quantitative estimate of drug-likeness (QED) is 0.689. The fourth-order valence-corrected chi connectivity index (χ4v) is 1.97. The molecule has 1 aromatic rings. The van der Waals surface area contributed by atoms with Crippen molar-refractivity contribution in [2.24, 2.45) is 0 Å². The third kappa shape index (κ3) is 1.51. The van der Waals surface area contributed by atoms with Crippen molar-refractivity contribution in [1.82, 2.24) is 5.32 Å². The van der Waals surface area contributed by atoms with E-state index in [-0.39, 0.29) is 11.9 Å². The van der Waals surface area contributed by atoms with Crippen LogP contribution in [0.4, 0.5) is 0 Å². The molecule has 1 aliphatic rings. The third-order valence-corrected chi connectivity index (χ3v) is 2.56. The lowest BCUT2D eigenvalue weighted by Gasteiger charge is -2.16. The zero-order valence-corrected chi connectivity index (χ0v) is 8.03. The number of amides is 1. The van der Waals surface area contributed by atoms with Gasteiger partial charge in [0.25, 0.3) is 0 Å². The predicted molar refractivity (Wildman–Crippen MR) is 52.7 cm³/mol. The van der Waals surface area contributed by atoms with Gasteiger partial charge in [-0.05, 0) is 11.1 Å². The molecule has 0 radical (unpaired) electrons. The normalized spacial score (nSPS) is 24.4. The van der Waals surface area contributed by atoms with Crippen molar-refractivity contribution >= 4 is 5.91 Å². The van der Waals surface area contributed by atoms with Crippen LogP contribution in [0.5, 0.6) is 0 Å². The van der Waals surface area contributed by atoms with Crippen LogP contribution in [0.1, 0.15) is 24.1 Å². The minimum atomic E-state index is -0.490. The molecule has 1 aromatic carbocycles. The van der Waals surface area contributed by atoms with Gasteiger partial charge in [-0.1, -0.05) is 24.3 Å². The molecule has 1 amide bonds. The summed E-state index contributed by atoms with van der Waals surface area (Å²) >= 11 is 0. The van der Waals surface area contributed by atoms with Crippen LogP contribution in [-0.2, 0) is 11.2 Å². The molecule has 0 aliphatic heterocycles. The highest BCUT2D eigenvalue weighted by Crippen LogP contribution is 2.30. The summed E-state index contributed by atoms with van der Waals surface area (Å²) in [4.78, 5) is 10.9. The predicted octanol–water partition coefficient (Wildman–Crippen LogP) is 0.781. The van der Waals surface area contributed by atoms with Gasteiger partial charge in [-0.3, -0.25) is 4.79 Å². The summed E-state index contributed by atoms with van der Waals surface area (Å²) in [7, 11) is 0. The first-order valence-corrected chi connectivity index (χ1v) is 4.71. The van der Waals surface area contributed by atoms with Crippen molar-refractivity contribution < 1.29 is 9.90 Å². The van der Waals surface area contributed by atoms with E-state index in [1.165, 1.54) is 6.92 Å². The largest absolute Gasteiger partial charge is 0.390 e.